The molecule has 150 valence electrons. The van der Waals surface area contributed by atoms with E-state index < -0.39 is 32.0 Å². The van der Waals surface area contributed by atoms with E-state index in [2.05, 4.69) is 17.9 Å². The second-order valence-corrected chi connectivity index (χ2v) is 14.5. The number of aliphatic hydroxyl groups is 2. The molecule has 0 spiro atoms. The first-order chi connectivity index (χ1) is 12.8. The summed E-state index contributed by atoms with van der Waals surface area (Å²) >= 11 is -0.737. The van der Waals surface area contributed by atoms with Crippen molar-refractivity contribution in [2.24, 2.45) is 11.5 Å². The predicted molar refractivity (Wildman–Crippen MR) is 122 cm³/mol. The average Bonchev–Trinajstić information content (AvgIpc) is 2.67. The van der Waals surface area contributed by atoms with Gasteiger partial charge in [0, 0.05) is 0 Å². The zero-order valence-electron chi connectivity index (χ0n) is 16.2. The van der Waals surface area contributed by atoms with Crippen molar-refractivity contribution in [3.63, 3.8) is 0 Å². The maximum absolute atomic E-state index is 10.4. The molecule has 2 aliphatic carbocycles. The van der Waals surface area contributed by atoms with Gasteiger partial charge in [-0.3, -0.25) is 0 Å². The fourth-order valence-electron chi connectivity index (χ4n) is 4.21. The molecule has 3 rings (SSSR count). The van der Waals surface area contributed by atoms with Crippen molar-refractivity contribution in [2.45, 2.75) is 54.6 Å². The van der Waals surface area contributed by atoms with Crippen molar-refractivity contribution in [3.8, 4) is 0 Å². The van der Waals surface area contributed by atoms with Crippen LogP contribution in [-0.4, -0.2) is 35.6 Å². The number of nitrogens with two attached hydrogens (primary N) is 3. The van der Waals surface area contributed by atoms with Gasteiger partial charge in [-0.25, -0.2) is 0 Å². The van der Waals surface area contributed by atoms with Crippen LogP contribution in [0.4, 0.5) is 5.69 Å². The number of aliphatic hydroxyl groups excluding tert-OH is 2. The van der Waals surface area contributed by atoms with Crippen molar-refractivity contribution >= 4 is 31.1 Å². The Hall–Kier alpha value is -1.25. The molecule has 6 heteroatoms. The van der Waals surface area contributed by atoms with E-state index >= 15 is 0 Å². The molecule has 0 saturated heterocycles. The van der Waals surface area contributed by atoms with Crippen LogP contribution in [0.15, 0.2) is 35.7 Å². The van der Waals surface area contributed by atoms with E-state index in [4.69, 9.17) is 17.2 Å². The molecule has 27 heavy (non-hydrogen) atoms. The number of nitrogen functional groups attached to an aromatic ring is 1. The van der Waals surface area contributed by atoms with Crippen LogP contribution < -0.4 is 17.2 Å². The Labute approximate surface area is 169 Å². The molecule has 0 radical (unpaired) electrons. The Kier molecular flexibility index (Phi) is 6.38. The van der Waals surface area contributed by atoms with Gasteiger partial charge in [0.25, 0.3) is 0 Å². The number of rotatable bonds is 4. The topological polar surface area (TPSA) is 119 Å². The van der Waals surface area contributed by atoms with Crippen molar-refractivity contribution in [2.75, 3.05) is 15.1 Å². The van der Waals surface area contributed by atoms with E-state index in [9.17, 15) is 10.2 Å². The standard InChI is InChI=1S/C21H32IN3O2/c1-3-22(2)14-7-4-12(5-8-14)13-6-9-15(16(23)10-13)19-20(26)17(24)11-18(25)21(19)27/h6,9-12,14,17,20,26-27H,3-5,7-8,23-25H2,1-2H3. The second kappa shape index (κ2) is 8.41. The van der Waals surface area contributed by atoms with Gasteiger partial charge < -0.3 is 0 Å². The van der Waals surface area contributed by atoms with Gasteiger partial charge in [0.1, 0.15) is 0 Å². The van der Waals surface area contributed by atoms with E-state index in [-0.39, 0.29) is 11.5 Å². The van der Waals surface area contributed by atoms with E-state index in [0.717, 1.165) is 3.92 Å². The van der Waals surface area contributed by atoms with E-state index in [0.29, 0.717) is 22.7 Å². The van der Waals surface area contributed by atoms with Crippen LogP contribution in [0.2, 0.25) is 0 Å². The van der Waals surface area contributed by atoms with Crippen LogP contribution in [0.3, 0.4) is 0 Å². The minimum atomic E-state index is -1.03. The second-order valence-electron chi connectivity index (χ2n) is 7.61. The summed E-state index contributed by atoms with van der Waals surface area (Å²) in [6.07, 6.45) is 5.56. The number of anilines is 1. The van der Waals surface area contributed by atoms with E-state index in [1.165, 1.54) is 41.8 Å². The molecular weight excluding hydrogens is 453 g/mol. The molecule has 2 atom stereocenters. The first-order valence-electron chi connectivity index (χ1n) is 9.62. The van der Waals surface area contributed by atoms with Crippen LogP contribution in [0.1, 0.15) is 49.7 Å². The monoisotopic (exact) mass is 485 g/mol. The quantitative estimate of drug-likeness (QED) is 0.255. The maximum atomic E-state index is 10.4. The van der Waals surface area contributed by atoms with Crippen LogP contribution >= 0.6 is 19.8 Å². The van der Waals surface area contributed by atoms with Gasteiger partial charge in [-0.1, -0.05) is 0 Å². The van der Waals surface area contributed by atoms with Gasteiger partial charge in [-0.05, 0) is 0 Å². The van der Waals surface area contributed by atoms with E-state index in [1.807, 2.05) is 12.1 Å². The molecule has 1 aromatic rings. The molecule has 0 amide bonds. The Morgan fingerprint density at radius 1 is 1.15 bits per heavy atom. The van der Waals surface area contributed by atoms with Crippen molar-refractivity contribution < 1.29 is 10.2 Å². The summed E-state index contributed by atoms with van der Waals surface area (Å²) in [4.78, 5) is 2.52. The van der Waals surface area contributed by atoms with Gasteiger partial charge >= 0.3 is 169 Å². The molecule has 1 fully saturated rings. The number of halogens is 1. The molecule has 2 aliphatic rings. The minimum absolute atomic E-state index is 0.136. The van der Waals surface area contributed by atoms with Gasteiger partial charge in [0.05, 0.1) is 0 Å². The van der Waals surface area contributed by atoms with Crippen LogP contribution in [0, 0.1) is 0 Å². The molecule has 8 N–H and O–H groups in total. The summed E-state index contributed by atoms with van der Waals surface area (Å²) in [7, 11) is 0. The first-order valence-corrected chi connectivity index (χ1v) is 14.5. The molecule has 0 bridgehead atoms. The fourth-order valence-corrected chi connectivity index (χ4v) is 8.30. The molecule has 2 unspecified atom stereocenters. The van der Waals surface area contributed by atoms with Crippen LogP contribution in [-0.2, 0) is 0 Å². The molecule has 5 nitrogen and oxygen atoms in total. The van der Waals surface area contributed by atoms with Crippen molar-refractivity contribution in [3.05, 3.63) is 46.9 Å². The SMILES string of the molecule is CCI(C)C1CCC(c2ccc(C3=C(O)C(N)=CC(N)C3O)c(N)c2)CC1. The normalized spacial score (nSPS) is 29.5. The number of benzene rings is 1. The zero-order valence-corrected chi connectivity index (χ0v) is 18.3. The first kappa shape index (κ1) is 20.5. The fraction of sp³-hybridized carbons (Fsp3) is 0.524. The average molecular weight is 485 g/mol. The van der Waals surface area contributed by atoms with Crippen molar-refractivity contribution in [1.82, 2.24) is 0 Å². The van der Waals surface area contributed by atoms with Gasteiger partial charge in [-0.2, -0.15) is 0 Å². The van der Waals surface area contributed by atoms with Crippen LogP contribution in [0.5, 0.6) is 0 Å². The molecule has 0 aromatic heterocycles. The molecule has 1 aromatic carbocycles. The van der Waals surface area contributed by atoms with Gasteiger partial charge in [-0.15, -0.1) is 0 Å². The summed E-state index contributed by atoms with van der Waals surface area (Å²) < 4.78 is 2.39. The third-order valence-electron chi connectivity index (χ3n) is 6.00. The molecular formula is C21H32IN3O2. The summed E-state index contributed by atoms with van der Waals surface area (Å²) in [5.41, 5.74) is 21.0. The Morgan fingerprint density at radius 2 is 1.81 bits per heavy atom. The number of hydrogen-bond donors (Lipinski definition) is 5. The van der Waals surface area contributed by atoms with Crippen molar-refractivity contribution in [1.29, 1.82) is 0 Å². The summed E-state index contributed by atoms with van der Waals surface area (Å²) in [5.74, 6) is 0.410. The number of hydrogen-bond acceptors (Lipinski definition) is 5. The molecule has 0 aliphatic heterocycles. The summed E-state index contributed by atoms with van der Waals surface area (Å²) in [6, 6.07) is 5.30. The number of alkyl halides is 3. The van der Waals surface area contributed by atoms with Gasteiger partial charge in [0.2, 0.25) is 0 Å². The summed E-state index contributed by atoms with van der Waals surface area (Å²) in [5, 5.41) is 20.8. The Bertz CT molecular complexity index is 754. The van der Waals surface area contributed by atoms with E-state index in [1.54, 1.807) is 0 Å². The molecule has 0 heterocycles. The molecule has 1 saturated carbocycles. The third kappa shape index (κ3) is 4.12. The third-order valence-corrected chi connectivity index (χ3v) is 12.7. The van der Waals surface area contributed by atoms with Crippen LogP contribution in [0.25, 0.3) is 5.57 Å². The zero-order chi connectivity index (χ0) is 19.7. The Balaban J connectivity index is 1.81. The Morgan fingerprint density at radius 3 is 2.41 bits per heavy atom. The summed E-state index contributed by atoms with van der Waals surface area (Å²) in [6.45, 7) is 2.34. The predicted octanol–water partition coefficient (Wildman–Crippen LogP) is 3.26. The van der Waals surface area contributed by atoms with Gasteiger partial charge in [0.15, 0.2) is 0 Å².